The van der Waals surface area contributed by atoms with Crippen molar-refractivity contribution in [3.8, 4) is 0 Å². The SMILES string of the molecule is CC.CC[C@H](c1ncc(C)[nH]1)C(C)C. The normalized spacial score (nSPS) is 12.2. The molecule has 1 heterocycles. The van der Waals surface area contributed by atoms with Crippen molar-refractivity contribution in [2.45, 2.75) is 53.9 Å². The standard InChI is InChI=1S/C10H18N2.C2H6/c1-5-9(7(2)3)10-11-6-8(4)12-10;1-2/h6-7,9H,5H2,1-4H3,(H,11,12);1-2H3/t9-;/m0./s1. The minimum absolute atomic E-state index is 0.582. The zero-order valence-electron chi connectivity index (χ0n) is 10.4. The highest BCUT2D eigenvalue weighted by atomic mass is 14.9. The van der Waals surface area contributed by atoms with E-state index < -0.39 is 0 Å². The van der Waals surface area contributed by atoms with E-state index in [0.29, 0.717) is 11.8 Å². The number of aryl methyl sites for hydroxylation is 1. The van der Waals surface area contributed by atoms with Crippen molar-refractivity contribution >= 4 is 0 Å². The molecule has 0 saturated heterocycles. The van der Waals surface area contributed by atoms with Crippen molar-refractivity contribution in [2.75, 3.05) is 0 Å². The van der Waals surface area contributed by atoms with Crippen LogP contribution in [0.15, 0.2) is 6.20 Å². The highest BCUT2D eigenvalue weighted by Gasteiger charge is 2.15. The molecule has 0 aliphatic carbocycles. The van der Waals surface area contributed by atoms with Gasteiger partial charge < -0.3 is 4.98 Å². The molecule has 1 rings (SSSR count). The summed E-state index contributed by atoms with van der Waals surface area (Å²) in [6.07, 6.45) is 3.06. The summed E-state index contributed by atoms with van der Waals surface area (Å²) in [7, 11) is 0. The van der Waals surface area contributed by atoms with E-state index in [9.17, 15) is 0 Å². The molecule has 0 amide bonds. The van der Waals surface area contributed by atoms with Gasteiger partial charge in [-0.3, -0.25) is 0 Å². The van der Waals surface area contributed by atoms with Gasteiger partial charge in [-0.25, -0.2) is 4.98 Å². The summed E-state index contributed by atoms with van der Waals surface area (Å²) in [4.78, 5) is 7.65. The predicted octanol–water partition coefficient (Wildman–Crippen LogP) is 3.89. The van der Waals surface area contributed by atoms with Crippen LogP contribution in [0.1, 0.15) is 58.5 Å². The monoisotopic (exact) mass is 196 g/mol. The fraction of sp³-hybridized carbons (Fsp3) is 0.750. The van der Waals surface area contributed by atoms with Gasteiger partial charge in [0, 0.05) is 17.8 Å². The average molecular weight is 196 g/mol. The van der Waals surface area contributed by atoms with E-state index in [1.165, 1.54) is 0 Å². The van der Waals surface area contributed by atoms with Gasteiger partial charge in [-0.05, 0) is 19.3 Å². The Morgan fingerprint density at radius 2 is 1.93 bits per heavy atom. The van der Waals surface area contributed by atoms with Crippen LogP contribution >= 0.6 is 0 Å². The minimum Gasteiger partial charge on any atom is -0.346 e. The van der Waals surface area contributed by atoms with Crippen molar-refractivity contribution in [1.82, 2.24) is 9.97 Å². The number of nitrogens with one attached hydrogen (secondary N) is 1. The lowest BCUT2D eigenvalue weighted by Crippen LogP contribution is -2.07. The molecular formula is C12H24N2. The van der Waals surface area contributed by atoms with E-state index in [4.69, 9.17) is 0 Å². The summed E-state index contributed by atoms with van der Waals surface area (Å²) in [5, 5.41) is 0. The Labute approximate surface area is 88.2 Å². The molecule has 1 aromatic rings. The molecule has 2 nitrogen and oxygen atoms in total. The second kappa shape index (κ2) is 6.63. The van der Waals surface area contributed by atoms with Crippen LogP contribution in [0.2, 0.25) is 0 Å². The Morgan fingerprint density at radius 3 is 2.21 bits per heavy atom. The van der Waals surface area contributed by atoms with Crippen molar-refractivity contribution in [3.63, 3.8) is 0 Å². The largest absolute Gasteiger partial charge is 0.346 e. The lowest BCUT2D eigenvalue weighted by molar-refractivity contribution is 0.466. The number of hydrogen-bond acceptors (Lipinski definition) is 1. The van der Waals surface area contributed by atoms with E-state index in [1.807, 2.05) is 27.0 Å². The Balaban J connectivity index is 0.000000791. The second-order valence-corrected chi connectivity index (χ2v) is 3.71. The van der Waals surface area contributed by atoms with Gasteiger partial charge in [-0.2, -0.15) is 0 Å². The highest BCUT2D eigenvalue weighted by Crippen LogP contribution is 2.24. The number of aromatic nitrogens is 2. The van der Waals surface area contributed by atoms with E-state index in [-0.39, 0.29) is 0 Å². The topological polar surface area (TPSA) is 28.7 Å². The first kappa shape index (κ1) is 13.2. The Bertz CT molecular complexity index is 238. The molecule has 1 N–H and O–H groups in total. The Morgan fingerprint density at radius 1 is 1.36 bits per heavy atom. The van der Waals surface area contributed by atoms with Gasteiger partial charge in [0.2, 0.25) is 0 Å². The van der Waals surface area contributed by atoms with Crippen LogP contribution in [0.5, 0.6) is 0 Å². The number of imidazole rings is 1. The molecule has 82 valence electrons. The summed E-state index contributed by atoms with van der Waals surface area (Å²) in [5.74, 6) is 2.39. The maximum Gasteiger partial charge on any atom is 0.109 e. The average Bonchev–Trinajstić information content (AvgIpc) is 2.56. The summed E-state index contributed by atoms with van der Waals surface area (Å²) in [5.41, 5.74) is 1.16. The Kier molecular flexibility index (Phi) is 6.26. The zero-order chi connectivity index (χ0) is 11.1. The smallest absolute Gasteiger partial charge is 0.109 e. The first-order valence-corrected chi connectivity index (χ1v) is 5.66. The molecule has 0 fully saturated rings. The lowest BCUT2D eigenvalue weighted by atomic mass is 9.93. The van der Waals surface area contributed by atoms with E-state index in [2.05, 4.69) is 30.7 Å². The van der Waals surface area contributed by atoms with Gasteiger partial charge in [-0.1, -0.05) is 34.6 Å². The molecule has 0 spiro atoms. The third-order valence-corrected chi connectivity index (χ3v) is 2.32. The van der Waals surface area contributed by atoms with Crippen LogP contribution in [0.3, 0.4) is 0 Å². The molecule has 0 radical (unpaired) electrons. The summed E-state index contributed by atoms with van der Waals surface area (Å²) in [6, 6.07) is 0. The van der Waals surface area contributed by atoms with Crippen LogP contribution in [-0.2, 0) is 0 Å². The predicted molar refractivity (Wildman–Crippen MR) is 62.5 cm³/mol. The van der Waals surface area contributed by atoms with Gasteiger partial charge in [0.15, 0.2) is 0 Å². The summed E-state index contributed by atoms with van der Waals surface area (Å²) >= 11 is 0. The molecule has 2 heteroatoms. The van der Waals surface area contributed by atoms with E-state index in [1.54, 1.807) is 0 Å². The fourth-order valence-corrected chi connectivity index (χ4v) is 1.60. The highest BCUT2D eigenvalue weighted by molar-refractivity contribution is 5.04. The third-order valence-electron chi connectivity index (χ3n) is 2.32. The van der Waals surface area contributed by atoms with Gasteiger partial charge in [0.25, 0.3) is 0 Å². The second-order valence-electron chi connectivity index (χ2n) is 3.71. The van der Waals surface area contributed by atoms with Crippen LogP contribution in [0, 0.1) is 12.8 Å². The van der Waals surface area contributed by atoms with Crippen molar-refractivity contribution in [1.29, 1.82) is 0 Å². The Hall–Kier alpha value is -0.790. The summed E-state index contributed by atoms with van der Waals surface area (Å²) < 4.78 is 0. The number of hydrogen-bond donors (Lipinski definition) is 1. The molecule has 1 aromatic heterocycles. The maximum absolute atomic E-state index is 4.35. The molecule has 14 heavy (non-hydrogen) atoms. The van der Waals surface area contributed by atoms with Gasteiger partial charge in [0.1, 0.15) is 5.82 Å². The quantitative estimate of drug-likeness (QED) is 0.780. The molecular weight excluding hydrogens is 172 g/mol. The first-order chi connectivity index (χ1) is 6.65. The summed E-state index contributed by atoms with van der Waals surface area (Å²) in [6.45, 7) is 12.7. The van der Waals surface area contributed by atoms with Crippen LogP contribution in [0.25, 0.3) is 0 Å². The molecule has 0 bridgehead atoms. The van der Waals surface area contributed by atoms with Gasteiger partial charge in [-0.15, -0.1) is 0 Å². The van der Waals surface area contributed by atoms with Crippen LogP contribution < -0.4 is 0 Å². The number of nitrogens with zero attached hydrogens (tertiary/aromatic N) is 1. The zero-order valence-corrected chi connectivity index (χ0v) is 10.4. The molecule has 0 unspecified atom stereocenters. The molecule has 0 saturated carbocycles. The van der Waals surface area contributed by atoms with E-state index >= 15 is 0 Å². The number of rotatable bonds is 3. The van der Waals surface area contributed by atoms with Crippen molar-refractivity contribution in [2.24, 2.45) is 5.92 Å². The first-order valence-electron chi connectivity index (χ1n) is 5.66. The number of H-pyrrole nitrogens is 1. The lowest BCUT2D eigenvalue weighted by Gasteiger charge is -2.15. The van der Waals surface area contributed by atoms with Gasteiger partial charge in [0.05, 0.1) is 0 Å². The van der Waals surface area contributed by atoms with Crippen molar-refractivity contribution < 1.29 is 0 Å². The van der Waals surface area contributed by atoms with Gasteiger partial charge >= 0.3 is 0 Å². The van der Waals surface area contributed by atoms with Crippen molar-refractivity contribution in [3.05, 3.63) is 17.7 Å². The maximum atomic E-state index is 4.35. The molecule has 0 aromatic carbocycles. The molecule has 1 atom stereocenters. The van der Waals surface area contributed by atoms with E-state index in [0.717, 1.165) is 17.9 Å². The minimum atomic E-state index is 0.582. The molecule has 0 aliphatic rings. The van der Waals surface area contributed by atoms with Crippen LogP contribution in [-0.4, -0.2) is 9.97 Å². The fourth-order valence-electron chi connectivity index (χ4n) is 1.60. The molecule has 0 aliphatic heterocycles. The van der Waals surface area contributed by atoms with Crippen LogP contribution in [0.4, 0.5) is 0 Å². The number of aromatic amines is 1. The third kappa shape index (κ3) is 3.52.